The molecule has 0 saturated heterocycles. The van der Waals surface area contributed by atoms with Crippen molar-refractivity contribution < 1.29 is 26.4 Å². The van der Waals surface area contributed by atoms with Gasteiger partial charge in [0.05, 0.1) is 0 Å². The molecule has 0 spiro atoms. The summed E-state index contributed by atoms with van der Waals surface area (Å²) in [5.74, 6) is -4.20. The summed E-state index contributed by atoms with van der Waals surface area (Å²) in [6.45, 7) is 17.7. The van der Waals surface area contributed by atoms with Gasteiger partial charge in [0.1, 0.15) is 0 Å². The molecular formula is C37H55F5OSi. The van der Waals surface area contributed by atoms with Crippen LogP contribution in [0, 0.1) is 81.3 Å². The fourth-order valence-electron chi connectivity index (χ4n) is 11.0. The Hall–Kier alpha value is -1.21. The summed E-state index contributed by atoms with van der Waals surface area (Å²) >= 11 is 0. The van der Waals surface area contributed by atoms with E-state index in [2.05, 4.69) is 47.6 Å². The minimum Gasteiger partial charge on any atom is -0.409 e. The molecule has 1 aromatic rings. The quantitative estimate of drug-likeness (QED) is 0.0860. The van der Waals surface area contributed by atoms with Crippen molar-refractivity contribution in [2.24, 2.45) is 52.3 Å². The van der Waals surface area contributed by atoms with Crippen LogP contribution in [0.2, 0.25) is 13.1 Å². The summed E-state index contributed by atoms with van der Waals surface area (Å²) in [5, 5.41) is -0.758. The van der Waals surface area contributed by atoms with E-state index in [0.717, 1.165) is 48.9 Å². The van der Waals surface area contributed by atoms with Gasteiger partial charge >= 0.3 is 0 Å². The van der Waals surface area contributed by atoms with Crippen LogP contribution in [-0.4, -0.2) is 14.4 Å². The molecular weight excluding hydrogens is 583 g/mol. The van der Waals surface area contributed by atoms with E-state index in [1.54, 1.807) is 0 Å². The van der Waals surface area contributed by atoms with Gasteiger partial charge in [-0.1, -0.05) is 66.0 Å². The topological polar surface area (TPSA) is 9.23 Å². The normalized spacial score (nSPS) is 35.1. The zero-order chi connectivity index (χ0) is 32.4. The summed E-state index contributed by atoms with van der Waals surface area (Å²) in [5.41, 5.74) is 1.87. The van der Waals surface area contributed by atoms with Crippen LogP contribution >= 0.6 is 0 Å². The average Bonchev–Trinajstić information content (AvgIpc) is 3.32. The Morgan fingerprint density at radius 2 is 1.48 bits per heavy atom. The van der Waals surface area contributed by atoms with Crippen LogP contribution in [-0.2, 0) is 4.43 Å². The van der Waals surface area contributed by atoms with E-state index in [4.69, 9.17) is 4.43 Å². The predicted molar refractivity (Wildman–Crippen MR) is 170 cm³/mol. The Kier molecular flexibility index (Phi) is 9.64. The molecule has 4 aliphatic rings. The number of rotatable bonds is 9. The maximum Gasteiger partial charge on any atom is 0.225 e. The lowest BCUT2D eigenvalue weighted by Crippen LogP contribution is -2.54. The lowest BCUT2D eigenvalue weighted by Gasteiger charge is -2.58. The Morgan fingerprint density at radius 3 is 2.09 bits per heavy atom. The number of benzene rings is 1. The summed E-state index contributed by atoms with van der Waals surface area (Å²) in [6, 6.07) is 0. The lowest BCUT2D eigenvalue weighted by molar-refractivity contribution is -0.0564. The van der Waals surface area contributed by atoms with Gasteiger partial charge in [-0.3, -0.25) is 0 Å². The van der Waals surface area contributed by atoms with Crippen molar-refractivity contribution in [2.75, 3.05) is 0 Å². The molecule has 0 aromatic heterocycles. The monoisotopic (exact) mass is 638 g/mol. The molecule has 9 atom stereocenters. The van der Waals surface area contributed by atoms with Gasteiger partial charge in [0.2, 0.25) is 14.1 Å². The fourth-order valence-corrected chi connectivity index (χ4v) is 13.4. The first-order valence-electron chi connectivity index (χ1n) is 17.5. The van der Waals surface area contributed by atoms with Crippen LogP contribution in [0.25, 0.3) is 0 Å². The van der Waals surface area contributed by atoms with Crippen LogP contribution in [0.5, 0.6) is 0 Å². The van der Waals surface area contributed by atoms with Gasteiger partial charge < -0.3 is 4.43 Å². The summed E-state index contributed by atoms with van der Waals surface area (Å²) in [4.78, 5) is 0. The largest absolute Gasteiger partial charge is 0.409 e. The third kappa shape index (κ3) is 5.66. The molecule has 0 N–H and O–H groups in total. The van der Waals surface area contributed by atoms with Gasteiger partial charge in [-0.2, -0.15) is 0 Å². The molecule has 0 aliphatic heterocycles. The Bertz CT molecular complexity index is 1230. The molecule has 248 valence electrons. The Labute approximate surface area is 263 Å². The molecule has 4 aliphatic carbocycles. The van der Waals surface area contributed by atoms with Crippen molar-refractivity contribution >= 4 is 13.5 Å². The highest BCUT2D eigenvalue weighted by Crippen LogP contribution is 2.67. The first kappa shape index (κ1) is 34.1. The molecule has 7 heteroatoms. The molecule has 1 aromatic carbocycles. The molecule has 1 nitrogen and oxygen atoms in total. The van der Waals surface area contributed by atoms with Crippen LogP contribution in [0.4, 0.5) is 22.0 Å². The minimum atomic E-state index is -3.45. The van der Waals surface area contributed by atoms with E-state index in [1.165, 1.54) is 63.6 Å². The van der Waals surface area contributed by atoms with Crippen LogP contribution in [0.15, 0.2) is 11.6 Å². The highest BCUT2D eigenvalue weighted by molar-refractivity contribution is 6.84. The second-order valence-corrected chi connectivity index (χ2v) is 20.1. The molecule has 0 amide bonds. The Morgan fingerprint density at radius 1 is 0.841 bits per heavy atom. The third-order valence-electron chi connectivity index (χ3n) is 13.6. The molecule has 3 saturated carbocycles. The highest BCUT2D eigenvalue weighted by atomic mass is 28.4. The highest BCUT2D eigenvalue weighted by Gasteiger charge is 2.59. The van der Waals surface area contributed by atoms with Gasteiger partial charge in [-0.25, -0.2) is 22.0 Å². The van der Waals surface area contributed by atoms with Gasteiger partial charge in [0, 0.05) is 11.3 Å². The summed E-state index contributed by atoms with van der Waals surface area (Å²) in [6.07, 6.45) is 14.7. The van der Waals surface area contributed by atoms with E-state index >= 15 is 0 Å². The lowest BCUT2D eigenvalue weighted by atomic mass is 9.47. The summed E-state index contributed by atoms with van der Waals surface area (Å²) < 4.78 is 77.6. The second-order valence-electron chi connectivity index (χ2n) is 16.4. The fraction of sp³-hybridized carbons (Fsp3) is 0.784. The van der Waals surface area contributed by atoms with Gasteiger partial charge in [-0.05, 0) is 123 Å². The smallest absolute Gasteiger partial charge is 0.225 e. The van der Waals surface area contributed by atoms with Crippen LogP contribution < -0.4 is 5.19 Å². The van der Waals surface area contributed by atoms with Crippen molar-refractivity contribution in [3.63, 3.8) is 0 Å². The SMILES string of the molecule is CCC(CCC(C)C1CCC2C3CC=C4CC(O[Si](C)(C)c5c(F)c(F)c(F)c(F)c5F)CCC4(C)C3CCC12C)C(C)C. The third-order valence-corrected chi connectivity index (χ3v) is 16.1. The van der Waals surface area contributed by atoms with Crippen molar-refractivity contribution in [2.45, 2.75) is 131 Å². The maximum absolute atomic E-state index is 14.7. The second kappa shape index (κ2) is 12.4. The molecule has 0 heterocycles. The van der Waals surface area contributed by atoms with Gasteiger partial charge in [-0.15, -0.1) is 0 Å². The average molecular weight is 639 g/mol. The molecule has 0 bridgehead atoms. The number of fused-ring (bicyclic) bond motifs is 5. The Balaban J connectivity index is 1.29. The molecule has 3 fully saturated rings. The molecule has 9 unspecified atom stereocenters. The number of halogens is 5. The number of hydrogen-bond acceptors (Lipinski definition) is 1. The zero-order valence-corrected chi connectivity index (χ0v) is 29.3. The standard InChI is InChI=1S/C37H55F5OSi/c1-9-23(21(2)3)11-10-22(4)27-14-15-28-26-13-12-24-20-25(16-18-36(24,5)29(26)17-19-37(27,28)6)43-44(7,8)35-33(41)31(39)30(38)32(40)34(35)42/h12,21-23,25-29H,9-11,13-20H2,1-8H3. The van der Waals surface area contributed by atoms with Crippen molar-refractivity contribution in [3.05, 3.63) is 40.7 Å². The predicted octanol–water partition coefficient (Wildman–Crippen LogP) is 10.9. The van der Waals surface area contributed by atoms with Crippen LogP contribution in [0.3, 0.4) is 0 Å². The first-order valence-corrected chi connectivity index (χ1v) is 20.4. The van der Waals surface area contributed by atoms with Crippen molar-refractivity contribution in [1.82, 2.24) is 0 Å². The maximum atomic E-state index is 14.7. The van der Waals surface area contributed by atoms with E-state index in [0.29, 0.717) is 23.7 Å². The number of hydrogen-bond donors (Lipinski definition) is 0. The molecule has 5 rings (SSSR count). The number of allylic oxidation sites excluding steroid dienone is 1. The zero-order valence-electron chi connectivity index (χ0n) is 28.3. The van der Waals surface area contributed by atoms with Crippen LogP contribution in [0.1, 0.15) is 112 Å². The van der Waals surface area contributed by atoms with Crippen molar-refractivity contribution in [1.29, 1.82) is 0 Å². The first-order chi connectivity index (χ1) is 20.6. The van der Waals surface area contributed by atoms with E-state index < -0.39 is 42.6 Å². The minimum absolute atomic E-state index is 0.0791. The van der Waals surface area contributed by atoms with Crippen molar-refractivity contribution in [3.8, 4) is 0 Å². The van der Waals surface area contributed by atoms with E-state index in [9.17, 15) is 22.0 Å². The van der Waals surface area contributed by atoms with Gasteiger partial charge in [0.25, 0.3) is 0 Å². The van der Waals surface area contributed by atoms with E-state index in [-0.39, 0.29) is 11.5 Å². The van der Waals surface area contributed by atoms with Gasteiger partial charge in [0.15, 0.2) is 23.3 Å². The summed E-state index contributed by atoms with van der Waals surface area (Å²) in [7, 11) is -3.45. The van der Waals surface area contributed by atoms with E-state index in [1.807, 2.05) is 0 Å². The molecule has 44 heavy (non-hydrogen) atoms. The molecule has 0 radical (unpaired) electrons.